The molecule has 1 aliphatic heterocycles. The second-order valence-corrected chi connectivity index (χ2v) is 10.6. The van der Waals surface area contributed by atoms with Gasteiger partial charge in [0.1, 0.15) is 0 Å². The summed E-state index contributed by atoms with van der Waals surface area (Å²) in [6.45, 7) is 2.13. The number of hydrogen-bond acceptors (Lipinski definition) is 5. The summed E-state index contributed by atoms with van der Waals surface area (Å²) in [6, 6.07) is 13.5. The fraction of sp³-hybridized carbons (Fsp3) is 0.333. The number of nitrogens with two attached hydrogens (primary N) is 1. The van der Waals surface area contributed by atoms with Crippen molar-refractivity contribution in [1.82, 2.24) is 4.31 Å². The molecule has 1 saturated heterocycles. The van der Waals surface area contributed by atoms with Crippen LogP contribution in [0.25, 0.3) is 0 Å². The van der Waals surface area contributed by atoms with Crippen LogP contribution in [0.15, 0.2) is 58.3 Å². The number of benzene rings is 2. The quantitative estimate of drug-likeness (QED) is 0.848. The normalized spacial score (nSPS) is 21.8. The largest absolute Gasteiger partial charge is 0.326 e. The van der Waals surface area contributed by atoms with Gasteiger partial charge in [-0.15, -0.1) is 0 Å². The molecular weight excluding hydrogens is 372 g/mol. The zero-order valence-corrected chi connectivity index (χ0v) is 16.3. The van der Waals surface area contributed by atoms with Gasteiger partial charge in [-0.3, -0.25) is 0 Å². The molecule has 0 amide bonds. The van der Waals surface area contributed by atoms with E-state index in [2.05, 4.69) is 0 Å². The van der Waals surface area contributed by atoms with Crippen molar-refractivity contribution in [3.8, 4) is 0 Å². The van der Waals surface area contributed by atoms with E-state index in [1.54, 1.807) is 6.92 Å². The van der Waals surface area contributed by atoms with Crippen molar-refractivity contribution in [1.29, 1.82) is 0 Å². The maximum Gasteiger partial charge on any atom is 0.243 e. The maximum absolute atomic E-state index is 13.1. The predicted octanol–water partition coefficient (Wildman–Crippen LogP) is 1.51. The van der Waals surface area contributed by atoms with Gasteiger partial charge in [0.05, 0.1) is 9.79 Å². The summed E-state index contributed by atoms with van der Waals surface area (Å²) in [4.78, 5) is 0.00566. The van der Waals surface area contributed by atoms with E-state index >= 15 is 0 Å². The lowest BCUT2D eigenvalue weighted by Crippen LogP contribution is -2.32. The van der Waals surface area contributed by atoms with Gasteiger partial charge in [0.25, 0.3) is 0 Å². The summed E-state index contributed by atoms with van der Waals surface area (Å²) < 4.78 is 51.2. The van der Waals surface area contributed by atoms with E-state index < -0.39 is 19.9 Å². The van der Waals surface area contributed by atoms with Crippen molar-refractivity contribution >= 4 is 19.9 Å². The third-order valence-electron chi connectivity index (χ3n) is 4.76. The molecule has 0 aromatic heterocycles. The minimum Gasteiger partial charge on any atom is -0.326 e. The van der Waals surface area contributed by atoms with Crippen LogP contribution in [0.3, 0.4) is 0 Å². The lowest BCUT2D eigenvalue weighted by Gasteiger charge is -2.18. The van der Waals surface area contributed by atoms with Crippen LogP contribution in [0.4, 0.5) is 0 Å². The Morgan fingerprint density at radius 1 is 1.00 bits per heavy atom. The molecule has 0 aliphatic carbocycles. The molecule has 2 atom stereocenters. The van der Waals surface area contributed by atoms with E-state index in [-0.39, 0.29) is 34.8 Å². The first-order chi connectivity index (χ1) is 12.1. The van der Waals surface area contributed by atoms with E-state index in [0.717, 1.165) is 11.8 Å². The number of rotatable bonds is 4. The predicted molar refractivity (Wildman–Crippen MR) is 100 cm³/mol. The van der Waals surface area contributed by atoms with Crippen LogP contribution >= 0.6 is 0 Å². The van der Waals surface area contributed by atoms with Crippen LogP contribution in [0.2, 0.25) is 0 Å². The minimum atomic E-state index is -3.84. The summed E-state index contributed by atoms with van der Waals surface area (Å²) in [5, 5.41) is 0. The van der Waals surface area contributed by atoms with Crippen molar-refractivity contribution < 1.29 is 16.8 Å². The molecule has 2 N–H and O–H groups in total. The highest BCUT2D eigenvalue weighted by molar-refractivity contribution is 7.91. The molecule has 26 heavy (non-hydrogen) atoms. The Kier molecular flexibility index (Phi) is 4.96. The van der Waals surface area contributed by atoms with E-state index in [0.29, 0.717) is 5.56 Å². The Morgan fingerprint density at radius 2 is 1.65 bits per heavy atom. The molecule has 6 nitrogen and oxygen atoms in total. The molecule has 3 rings (SSSR count). The average molecular weight is 395 g/mol. The van der Waals surface area contributed by atoms with Crippen molar-refractivity contribution in [3.63, 3.8) is 0 Å². The van der Waals surface area contributed by atoms with Crippen LogP contribution in [0.5, 0.6) is 0 Å². The lowest BCUT2D eigenvalue weighted by atomic mass is 9.95. The van der Waals surface area contributed by atoms with Crippen LogP contribution in [-0.4, -0.2) is 46.5 Å². The smallest absolute Gasteiger partial charge is 0.243 e. The van der Waals surface area contributed by atoms with Gasteiger partial charge >= 0.3 is 0 Å². The molecule has 0 saturated carbocycles. The van der Waals surface area contributed by atoms with Gasteiger partial charge in [0, 0.05) is 31.3 Å². The maximum atomic E-state index is 13.1. The second-order valence-electron chi connectivity index (χ2n) is 6.70. The fourth-order valence-electron chi connectivity index (χ4n) is 3.27. The summed E-state index contributed by atoms with van der Waals surface area (Å²) in [5.41, 5.74) is 7.72. The molecule has 140 valence electrons. The van der Waals surface area contributed by atoms with Gasteiger partial charge in [-0.2, -0.15) is 4.31 Å². The zero-order valence-electron chi connectivity index (χ0n) is 14.7. The molecule has 2 aromatic carbocycles. The van der Waals surface area contributed by atoms with Crippen LogP contribution in [0, 0.1) is 6.92 Å². The van der Waals surface area contributed by atoms with Gasteiger partial charge < -0.3 is 5.73 Å². The van der Waals surface area contributed by atoms with Gasteiger partial charge in [-0.25, -0.2) is 16.8 Å². The zero-order chi connectivity index (χ0) is 19.1. The standard InChI is InChI=1S/C18H22N2O4S2/c1-13-8-9-15(25(2,21)22)10-18(13)26(23,24)20-11-16(17(19)12-20)14-6-4-3-5-7-14/h3-10,16-17H,11-12,19H2,1-2H3/t16-,17+/m0/s1. The molecule has 0 spiro atoms. The van der Waals surface area contributed by atoms with E-state index in [9.17, 15) is 16.8 Å². The third-order valence-corrected chi connectivity index (χ3v) is 7.85. The molecule has 2 aromatic rings. The summed E-state index contributed by atoms with van der Waals surface area (Å²) in [7, 11) is -7.34. The molecule has 0 unspecified atom stereocenters. The second kappa shape index (κ2) is 6.77. The molecule has 0 radical (unpaired) electrons. The first kappa shape index (κ1) is 19.0. The highest BCUT2D eigenvalue weighted by Crippen LogP contribution is 2.32. The molecular formula is C18H22N2O4S2. The number of nitrogens with zero attached hydrogens (tertiary/aromatic N) is 1. The molecule has 8 heteroatoms. The fourth-order valence-corrected chi connectivity index (χ4v) is 5.74. The third kappa shape index (κ3) is 3.55. The Balaban J connectivity index is 1.97. The monoisotopic (exact) mass is 394 g/mol. The highest BCUT2D eigenvalue weighted by Gasteiger charge is 2.39. The van der Waals surface area contributed by atoms with Gasteiger partial charge in [-0.1, -0.05) is 36.4 Å². The molecule has 0 bridgehead atoms. The Bertz CT molecular complexity index is 1020. The minimum absolute atomic E-state index is 0.00946. The number of aryl methyl sites for hydroxylation is 1. The number of sulfonamides is 1. The van der Waals surface area contributed by atoms with Crippen LogP contribution in [0.1, 0.15) is 17.0 Å². The van der Waals surface area contributed by atoms with E-state index in [1.807, 2.05) is 30.3 Å². The Morgan fingerprint density at radius 3 is 2.27 bits per heavy atom. The SMILES string of the molecule is Cc1ccc(S(C)(=O)=O)cc1S(=O)(=O)N1C[C@@H](N)[C@H](c2ccccc2)C1. The van der Waals surface area contributed by atoms with Crippen molar-refractivity contribution in [2.45, 2.75) is 28.7 Å². The summed E-state index contributed by atoms with van der Waals surface area (Å²) >= 11 is 0. The van der Waals surface area contributed by atoms with Crippen LogP contribution in [-0.2, 0) is 19.9 Å². The summed E-state index contributed by atoms with van der Waals surface area (Å²) in [6.07, 6.45) is 1.06. The van der Waals surface area contributed by atoms with Crippen molar-refractivity contribution in [2.75, 3.05) is 19.3 Å². The van der Waals surface area contributed by atoms with Crippen molar-refractivity contribution in [3.05, 3.63) is 59.7 Å². The highest BCUT2D eigenvalue weighted by atomic mass is 32.2. The number of sulfone groups is 1. The lowest BCUT2D eigenvalue weighted by molar-refractivity contribution is 0.469. The van der Waals surface area contributed by atoms with Gasteiger partial charge in [0.15, 0.2) is 9.84 Å². The van der Waals surface area contributed by atoms with Crippen molar-refractivity contribution in [2.24, 2.45) is 5.73 Å². The Hall–Kier alpha value is -1.74. The first-order valence-corrected chi connectivity index (χ1v) is 11.6. The molecule has 1 aliphatic rings. The van der Waals surface area contributed by atoms with Crippen LogP contribution < -0.4 is 5.73 Å². The van der Waals surface area contributed by atoms with E-state index in [1.165, 1.54) is 22.5 Å². The average Bonchev–Trinajstić information content (AvgIpc) is 2.97. The van der Waals surface area contributed by atoms with Gasteiger partial charge in [-0.05, 0) is 30.2 Å². The Labute approximate surface area is 154 Å². The molecule has 1 fully saturated rings. The number of hydrogen-bond donors (Lipinski definition) is 1. The van der Waals surface area contributed by atoms with Gasteiger partial charge in [0.2, 0.25) is 10.0 Å². The summed E-state index contributed by atoms with van der Waals surface area (Å²) in [5.74, 6) is -0.0932. The first-order valence-electron chi connectivity index (χ1n) is 8.22. The molecule has 1 heterocycles. The van der Waals surface area contributed by atoms with E-state index in [4.69, 9.17) is 5.73 Å². The topological polar surface area (TPSA) is 97.5 Å².